The second-order valence-electron chi connectivity index (χ2n) is 1.48. The summed E-state index contributed by atoms with van der Waals surface area (Å²) >= 11 is 0. The number of carbonyl (C=O) groups is 2. The molecule has 0 saturated heterocycles. The molecule has 0 radical (unpaired) electrons. The number of hydrogen-bond acceptors (Lipinski definition) is 5. The molecule has 0 aromatic heterocycles. The van der Waals surface area contributed by atoms with Crippen LogP contribution in [0.1, 0.15) is 6.42 Å². The number of carbonyl (C=O) groups excluding carboxylic acids is 2. The van der Waals surface area contributed by atoms with Gasteiger partial charge in [0.15, 0.2) is 0 Å². The van der Waals surface area contributed by atoms with Crippen molar-refractivity contribution in [1.29, 1.82) is 0 Å². The standard InChI is InChI=1S/C4H8O4S.CH2O/c1-9(6,7)8-4-2-3-5;1-2/h3H,2,4H2,1H3;1H2. The Morgan fingerprint density at radius 2 is 1.91 bits per heavy atom. The minimum Gasteiger partial charge on any atom is -0.307 e. The molecule has 0 aliphatic heterocycles. The lowest BCUT2D eigenvalue weighted by Gasteiger charge is -1.93. The maximum Gasteiger partial charge on any atom is 0.264 e. The van der Waals surface area contributed by atoms with Gasteiger partial charge in [0.1, 0.15) is 13.1 Å². The summed E-state index contributed by atoms with van der Waals surface area (Å²) in [6.07, 6.45) is 1.66. The van der Waals surface area contributed by atoms with E-state index in [9.17, 15) is 13.2 Å². The molecule has 11 heavy (non-hydrogen) atoms. The van der Waals surface area contributed by atoms with E-state index in [1.165, 1.54) is 0 Å². The largest absolute Gasteiger partial charge is 0.307 e. The number of hydrogen-bond donors (Lipinski definition) is 0. The zero-order valence-electron chi connectivity index (χ0n) is 6.15. The Kier molecular flexibility index (Phi) is 8.62. The van der Waals surface area contributed by atoms with E-state index in [1.807, 2.05) is 6.79 Å². The fourth-order valence-electron chi connectivity index (χ4n) is 0.248. The van der Waals surface area contributed by atoms with E-state index in [0.29, 0.717) is 6.29 Å². The lowest BCUT2D eigenvalue weighted by Crippen LogP contribution is -2.03. The molecule has 0 rings (SSSR count). The molecule has 0 aromatic rings. The molecule has 0 amide bonds. The molecule has 0 aliphatic carbocycles. The first-order chi connectivity index (χ1) is 5.06. The van der Waals surface area contributed by atoms with Crippen LogP contribution in [-0.2, 0) is 23.9 Å². The highest BCUT2D eigenvalue weighted by Crippen LogP contribution is 1.86. The third-order valence-corrected chi connectivity index (χ3v) is 1.13. The molecule has 0 fully saturated rings. The van der Waals surface area contributed by atoms with Crippen LogP contribution in [0, 0.1) is 0 Å². The maximum atomic E-state index is 10.2. The summed E-state index contributed by atoms with van der Waals surface area (Å²) < 4.78 is 24.5. The molecule has 0 unspecified atom stereocenters. The van der Waals surface area contributed by atoms with Gasteiger partial charge < -0.3 is 9.59 Å². The van der Waals surface area contributed by atoms with Crippen molar-refractivity contribution in [3.05, 3.63) is 0 Å². The first kappa shape index (κ1) is 12.9. The molecular weight excluding hydrogens is 172 g/mol. The van der Waals surface area contributed by atoms with E-state index in [2.05, 4.69) is 4.18 Å². The van der Waals surface area contributed by atoms with Crippen molar-refractivity contribution < 1.29 is 22.2 Å². The van der Waals surface area contributed by atoms with E-state index >= 15 is 0 Å². The van der Waals surface area contributed by atoms with E-state index in [0.717, 1.165) is 6.26 Å². The molecule has 5 nitrogen and oxygen atoms in total. The third-order valence-electron chi connectivity index (χ3n) is 0.533. The van der Waals surface area contributed by atoms with Crippen LogP contribution in [0.3, 0.4) is 0 Å². The lowest BCUT2D eigenvalue weighted by atomic mass is 10.5. The zero-order chi connectivity index (χ0) is 9.33. The van der Waals surface area contributed by atoms with Crippen molar-refractivity contribution in [3.63, 3.8) is 0 Å². The van der Waals surface area contributed by atoms with Crippen molar-refractivity contribution in [2.24, 2.45) is 0 Å². The van der Waals surface area contributed by atoms with Gasteiger partial charge in [0.25, 0.3) is 10.1 Å². The summed E-state index contributed by atoms with van der Waals surface area (Å²) in [5.41, 5.74) is 0. The minimum atomic E-state index is -3.36. The first-order valence-electron chi connectivity index (χ1n) is 2.63. The van der Waals surface area contributed by atoms with E-state index in [1.54, 1.807) is 0 Å². The molecule has 0 saturated carbocycles. The monoisotopic (exact) mass is 182 g/mol. The number of aldehydes is 1. The molecule has 0 bridgehead atoms. The molecule has 0 aliphatic rings. The average Bonchev–Trinajstić information content (AvgIpc) is 1.90. The zero-order valence-corrected chi connectivity index (χ0v) is 6.96. The smallest absolute Gasteiger partial charge is 0.264 e. The Morgan fingerprint density at radius 3 is 2.18 bits per heavy atom. The third kappa shape index (κ3) is 17.6. The molecule has 6 heteroatoms. The van der Waals surface area contributed by atoms with Crippen LogP contribution in [0.25, 0.3) is 0 Å². The second-order valence-corrected chi connectivity index (χ2v) is 3.13. The molecule has 0 spiro atoms. The quantitative estimate of drug-likeness (QED) is 0.328. The van der Waals surface area contributed by atoms with E-state index in [-0.39, 0.29) is 13.0 Å². The van der Waals surface area contributed by atoms with Crippen molar-refractivity contribution in [1.82, 2.24) is 0 Å². The highest BCUT2D eigenvalue weighted by molar-refractivity contribution is 7.85. The van der Waals surface area contributed by atoms with Crippen molar-refractivity contribution in [3.8, 4) is 0 Å². The summed E-state index contributed by atoms with van der Waals surface area (Å²) in [4.78, 5) is 17.6. The van der Waals surface area contributed by atoms with Gasteiger partial charge in [-0.05, 0) is 0 Å². The van der Waals surface area contributed by atoms with Crippen LogP contribution >= 0.6 is 0 Å². The van der Waals surface area contributed by atoms with Crippen LogP contribution in [0.5, 0.6) is 0 Å². The van der Waals surface area contributed by atoms with E-state index in [4.69, 9.17) is 4.79 Å². The Bertz CT molecular complexity index is 183. The van der Waals surface area contributed by atoms with Gasteiger partial charge in [0.05, 0.1) is 12.9 Å². The summed E-state index contributed by atoms with van der Waals surface area (Å²) in [7, 11) is -3.36. The first-order valence-corrected chi connectivity index (χ1v) is 4.45. The van der Waals surface area contributed by atoms with Crippen LogP contribution < -0.4 is 0 Å². The van der Waals surface area contributed by atoms with Crippen molar-refractivity contribution in [2.45, 2.75) is 6.42 Å². The Morgan fingerprint density at radius 1 is 1.45 bits per heavy atom. The molecule has 66 valence electrons. The summed E-state index contributed by atoms with van der Waals surface area (Å²) in [5, 5.41) is 0. The van der Waals surface area contributed by atoms with Gasteiger partial charge in [0.2, 0.25) is 0 Å². The molecule has 0 aromatic carbocycles. The molecule has 0 atom stereocenters. The normalized spacial score (nSPS) is 9.55. The predicted octanol–water partition coefficient (Wildman–Crippen LogP) is -0.633. The topological polar surface area (TPSA) is 77.5 Å². The van der Waals surface area contributed by atoms with Gasteiger partial charge >= 0.3 is 0 Å². The molecule has 0 heterocycles. The maximum absolute atomic E-state index is 10.2. The van der Waals surface area contributed by atoms with Gasteiger partial charge in [-0.25, -0.2) is 0 Å². The van der Waals surface area contributed by atoms with Crippen LogP contribution in [0.4, 0.5) is 0 Å². The summed E-state index contributed by atoms with van der Waals surface area (Å²) in [5.74, 6) is 0. The van der Waals surface area contributed by atoms with Crippen LogP contribution in [-0.4, -0.2) is 34.4 Å². The van der Waals surface area contributed by atoms with Crippen LogP contribution in [0.2, 0.25) is 0 Å². The van der Waals surface area contributed by atoms with Gasteiger partial charge in [-0.15, -0.1) is 0 Å². The summed E-state index contributed by atoms with van der Waals surface area (Å²) in [6, 6.07) is 0. The highest BCUT2D eigenvalue weighted by atomic mass is 32.2. The van der Waals surface area contributed by atoms with Crippen molar-refractivity contribution >= 4 is 23.2 Å². The fraction of sp³-hybridized carbons (Fsp3) is 0.600. The van der Waals surface area contributed by atoms with Gasteiger partial charge in [0, 0.05) is 6.42 Å². The van der Waals surface area contributed by atoms with Gasteiger partial charge in [-0.2, -0.15) is 8.42 Å². The SMILES string of the molecule is C=O.CS(=O)(=O)OCCC=O. The van der Waals surface area contributed by atoms with Crippen LogP contribution in [0.15, 0.2) is 0 Å². The van der Waals surface area contributed by atoms with Gasteiger partial charge in [-0.3, -0.25) is 4.18 Å². The Hall–Kier alpha value is -0.750. The highest BCUT2D eigenvalue weighted by Gasteiger charge is 1.98. The van der Waals surface area contributed by atoms with Crippen molar-refractivity contribution in [2.75, 3.05) is 12.9 Å². The average molecular weight is 182 g/mol. The number of rotatable bonds is 4. The second kappa shape index (κ2) is 7.36. The predicted molar refractivity (Wildman–Crippen MR) is 38.6 cm³/mol. The molecular formula is C5H10O5S. The lowest BCUT2D eigenvalue weighted by molar-refractivity contribution is -0.108. The molecule has 0 N–H and O–H groups in total. The fourth-order valence-corrected chi connectivity index (χ4v) is 0.647. The minimum absolute atomic E-state index is 0.0532. The summed E-state index contributed by atoms with van der Waals surface area (Å²) in [6.45, 7) is 1.95. The van der Waals surface area contributed by atoms with Gasteiger partial charge in [-0.1, -0.05) is 0 Å². The Labute approximate surface area is 65.5 Å². The van der Waals surface area contributed by atoms with E-state index < -0.39 is 10.1 Å². The Balaban J connectivity index is 0.